The van der Waals surface area contributed by atoms with Crippen molar-refractivity contribution in [2.75, 3.05) is 7.11 Å². The second kappa shape index (κ2) is 4.65. The van der Waals surface area contributed by atoms with Gasteiger partial charge in [-0.3, -0.25) is 4.79 Å². The molecule has 1 rings (SSSR count). The minimum atomic E-state index is -0.271. The topological polar surface area (TPSA) is 52.3 Å². The fraction of sp³-hybridized carbons (Fsp3) is 0.364. The molecular formula is C11H15NO2. The number of carbonyl (C=O) groups is 1. The van der Waals surface area contributed by atoms with Crippen LogP contribution in [0.2, 0.25) is 0 Å². The molecule has 3 heteroatoms. The van der Waals surface area contributed by atoms with Gasteiger partial charge in [-0.05, 0) is 24.1 Å². The van der Waals surface area contributed by atoms with E-state index in [1.165, 1.54) is 0 Å². The number of ether oxygens (including phenoxy) is 1. The van der Waals surface area contributed by atoms with Crippen molar-refractivity contribution < 1.29 is 9.53 Å². The number of hydrogen-bond acceptors (Lipinski definition) is 2. The molecule has 76 valence electrons. The Kier molecular flexibility index (Phi) is 3.51. The zero-order valence-electron chi connectivity index (χ0n) is 8.49. The van der Waals surface area contributed by atoms with Gasteiger partial charge in [-0.1, -0.05) is 19.1 Å². The summed E-state index contributed by atoms with van der Waals surface area (Å²) in [7, 11) is 1.62. The van der Waals surface area contributed by atoms with E-state index in [1.807, 2.05) is 31.2 Å². The Hall–Kier alpha value is -1.51. The molecule has 1 aromatic rings. The Morgan fingerprint density at radius 1 is 1.57 bits per heavy atom. The predicted molar refractivity (Wildman–Crippen MR) is 55.1 cm³/mol. The molecule has 0 bridgehead atoms. The quantitative estimate of drug-likeness (QED) is 0.785. The standard InChI is InChI=1S/C11H15NO2/c1-8(11(12)13)6-9-4-3-5-10(7-9)14-2/h3-5,7-8H,6H2,1-2H3,(H2,12,13). The van der Waals surface area contributed by atoms with Crippen molar-refractivity contribution >= 4 is 5.91 Å². The number of benzene rings is 1. The van der Waals surface area contributed by atoms with E-state index in [1.54, 1.807) is 7.11 Å². The Bertz CT molecular complexity index is 323. The summed E-state index contributed by atoms with van der Waals surface area (Å²) in [5, 5.41) is 0. The summed E-state index contributed by atoms with van der Waals surface area (Å²) in [6.45, 7) is 1.82. The Labute approximate surface area is 83.9 Å². The van der Waals surface area contributed by atoms with Crippen LogP contribution in [0.15, 0.2) is 24.3 Å². The number of rotatable bonds is 4. The van der Waals surface area contributed by atoms with E-state index >= 15 is 0 Å². The number of primary amides is 1. The minimum absolute atomic E-state index is 0.137. The predicted octanol–water partition coefficient (Wildman–Crippen LogP) is 1.36. The summed E-state index contributed by atoms with van der Waals surface area (Å²) in [5.74, 6) is 0.397. The van der Waals surface area contributed by atoms with Crippen molar-refractivity contribution in [1.82, 2.24) is 0 Å². The normalized spacial score (nSPS) is 12.1. The van der Waals surface area contributed by atoms with Crippen molar-refractivity contribution in [3.8, 4) is 5.75 Å². The van der Waals surface area contributed by atoms with Crippen molar-refractivity contribution in [3.05, 3.63) is 29.8 Å². The lowest BCUT2D eigenvalue weighted by molar-refractivity contribution is -0.121. The molecular weight excluding hydrogens is 178 g/mol. The Morgan fingerprint density at radius 3 is 2.86 bits per heavy atom. The van der Waals surface area contributed by atoms with Crippen LogP contribution in [0, 0.1) is 5.92 Å². The molecule has 0 aliphatic rings. The number of carbonyl (C=O) groups excluding carboxylic acids is 1. The summed E-state index contributed by atoms with van der Waals surface area (Å²) in [6.07, 6.45) is 0.659. The molecule has 0 saturated heterocycles. The summed E-state index contributed by atoms with van der Waals surface area (Å²) >= 11 is 0. The van der Waals surface area contributed by atoms with Gasteiger partial charge in [0.05, 0.1) is 7.11 Å². The lowest BCUT2D eigenvalue weighted by atomic mass is 10.0. The van der Waals surface area contributed by atoms with Gasteiger partial charge in [-0.2, -0.15) is 0 Å². The number of hydrogen-bond donors (Lipinski definition) is 1. The fourth-order valence-corrected chi connectivity index (χ4v) is 1.25. The van der Waals surface area contributed by atoms with Gasteiger partial charge in [0, 0.05) is 5.92 Å². The van der Waals surface area contributed by atoms with Gasteiger partial charge < -0.3 is 10.5 Å². The van der Waals surface area contributed by atoms with E-state index in [0.717, 1.165) is 11.3 Å². The molecule has 0 saturated carbocycles. The van der Waals surface area contributed by atoms with Crippen LogP contribution in [0.5, 0.6) is 5.75 Å². The lowest BCUT2D eigenvalue weighted by Crippen LogP contribution is -2.22. The molecule has 2 N–H and O–H groups in total. The first-order chi connectivity index (χ1) is 6.63. The second-order valence-electron chi connectivity index (χ2n) is 3.36. The molecule has 14 heavy (non-hydrogen) atoms. The van der Waals surface area contributed by atoms with E-state index < -0.39 is 0 Å². The molecule has 1 aromatic carbocycles. The summed E-state index contributed by atoms with van der Waals surface area (Å²) in [5.41, 5.74) is 6.25. The maximum Gasteiger partial charge on any atom is 0.220 e. The highest BCUT2D eigenvalue weighted by molar-refractivity contribution is 5.76. The van der Waals surface area contributed by atoms with Gasteiger partial charge in [0.15, 0.2) is 0 Å². The monoisotopic (exact) mass is 193 g/mol. The molecule has 0 heterocycles. The molecule has 1 unspecified atom stereocenters. The third kappa shape index (κ3) is 2.76. The first kappa shape index (κ1) is 10.6. The highest BCUT2D eigenvalue weighted by Crippen LogP contribution is 2.15. The van der Waals surface area contributed by atoms with Crippen LogP contribution >= 0.6 is 0 Å². The van der Waals surface area contributed by atoms with Crippen molar-refractivity contribution in [2.45, 2.75) is 13.3 Å². The third-order valence-corrected chi connectivity index (χ3v) is 2.16. The van der Waals surface area contributed by atoms with Gasteiger partial charge in [0.1, 0.15) is 5.75 Å². The van der Waals surface area contributed by atoms with Gasteiger partial charge in [-0.25, -0.2) is 0 Å². The molecule has 1 amide bonds. The molecule has 0 aromatic heterocycles. The third-order valence-electron chi connectivity index (χ3n) is 2.16. The average Bonchev–Trinajstić information content (AvgIpc) is 2.18. The molecule has 0 radical (unpaired) electrons. The summed E-state index contributed by atoms with van der Waals surface area (Å²) in [4.78, 5) is 10.8. The first-order valence-corrected chi connectivity index (χ1v) is 4.55. The van der Waals surface area contributed by atoms with Crippen LogP contribution in [0.1, 0.15) is 12.5 Å². The van der Waals surface area contributed by atoms with Crippen LogP contribution in [0.3, 0.4) is 0 Å². The number of amides is 1. The highest BCUT2D eigenvalue weighted by Gasteiger charge is 2.09. The largest absolute Gasteiger partial charge is 0.497 e. The molecule has 0 aliphatic carbocycles. The van der Waals surface area contributed by atoms with Gasteiger partial charge >= 0.3 is 0 Å². The Balaban J connectivity index is 2.71. The molecule has 1 atom stereocenters. The van der Waals surface area contributed by atoms with E-state index in [-0.39, 0.29) is 11.8 Å². The zero-order valence-corrected chi connectivity index (χ0v) is 8.49. The SMILES string of the molecule is COc1cccc(CC(C)C(N)=O)c1. The summed E-state index contributed by atoms with van der Waals surface area (Å²) < 4.78 is 5.08. The Morgan fingerprint density at radius 2 is 2.29 bits per heavy atom. The highest BCUT2D eigenvalue weighted by atomic mass is 16.5. The second-order valence-corrected chi connectivity index (χ2v) is 3.36. The van der Waals surface area contributed by atoms with E-state index in [9.17, 15) is 4.79 Å². The lowest BCUT2D eigenvalue weighted by Gasteiger charge is -2.08. The van der Waals surface area contributed by atoms with Crippen molar-refractivity contribution in [1.29, 1.82) is 0 Å². The van der Waals surface area contributed by atoms with Crippen LogP contribution < -0.4 is 10.5 Å². The maximum absolute atomic E-state index is 10.8. The van der Waals surface area contributed by atoms with Gasteiger partial charge in [0.2, 0.25) is 5.91 Å². The van der Waals surface area contributed by atoms with Crippen LogP contribution in [0.4, 0.5) is 0 Å². The summed E-state index contributed by atoms with van der Waals surface area (Å²) in [6, 6.07) is 7.65. The number of methoxy groups -OCH3 is 1. The average molecular weight is 193 g/mol. The van der Waals surface area contributed by atoms with Gasteiger partial charge in [0.25, 0.3) is 0 Å². The van der Waals surface area contributed by atoms with Crippen molar-refractivity contribution in [3.63, 3.8) is 0 Å². The maximum atomic E-state index is 10.8. The molecule has 3 nitrogen and oxygen atoms in total. The van der Waals surface area contributed by atoms with Crippen LogP contribution in [0.25, 0.3) is 0 Å². The molecule has 0 fully saturated rings. The van der Waals surface area contributed by atoms with Gasteiger partial charge in [-0.15, -0.1) is 0 Å². The van der Waals surface area contributed by atoms with Crippen LogP contribution in [-0.2, 0) is 11.2 Å². The molecule has 0 aliphatic heterocycles. The smallest absolute Gasteiger partial charge is 0.220 e. The first-order valence-electron chi connectivity index (χ1n) is 4.55. The fourth-order valence-electron chi connectivity index (χ4n) is 1.25. The van der Waals surface area contributed by atoms with Crippen molar-refractivity contribution in [2.24, 2.45) is 11.7 Å². The van der Waals surface area contributed by atoms with E-state index in [2.05, 4.69) is 0 Å². The minimum Gasteiger partial charge on any atom is -0.497 e. The van der Waals surface area contributed by atoms with E-state index in [4.69, 9.17) is 10.5 Å². The number of nitrogens with two attached hydrogens (primary N) is 1. The zero-order chi connectivity index (χ0) is 10.6. The van der Waals surface area contributed by atoms with E-state index in [0.29, 0.717) is 6.42 Å². The van der Waals surface area contributed by atoms with Crippen LogP contribution in [-0.4, -0.2) is 13.0 Å². The molecule has 0 spiro atoms.